The molecule has 0 spiro atoms. The molecule has 6 heteroatoms. The summed E-state index contributed by atoms with van der Waals surface area (Å²) >= 11 is 0. The number of amides is 1. The average molecular weight is 254 g/mol. The summed E-state index contributed by atoms with van der Waals surface area (Å²) in [5, 5.41) is 23.5. The molecule has 0 bridgehead atoms. The van der Waals surface area contributed by atoms with E-state index in [4.69, 9.17) is 5.11 Å². The Hall–Kier alpha value is -1.66. The number of aryl methyl sites for hydroxylation is 1. The number of carbonyl (C=O) groups is 1. The van der Waals surface area contributed by atoms with Crippen molar-refractivity contribution >= 4 is 17.3 Å². The number of halogens is 1. The van der Waals surface area contributed by atoms with Gasteiger partial charge in [-0.2, -0.15) is 0 Å². The summed E-state index contributed by atoms with van der Waals surface area (Å²) in [5.41, 5.74) is 1.71. The molecule has 0 aliphatic carbocycles. The molecular formula is C12H15FN2O3. The van der Waals surface area contributed by atoms with Crippen molar-refractivity contribution < 1.29 is 19.4 Å². The van der Waals surface area contributed by atoms with Crippen LogP contribution in [-0.4, -0.2) is 35.4 Å². The molecule has 1 aromatic rings. The minimum atomic E-state index is -0.928. The third-order valence-corrected chi connectivity index (χ3v) is 2.81. The lowest BCUT2D eigenvalue weighted by Gasteiger charge is -2.21. The SMILES string of the molecule is O=C1CCc2cc(F)cc(NCC(O)CO)c2N1. The van der Waals surface area contributed by atoms with Crippen molar-refractivity contribution in [1.29, 1.82) is 0 Å². The Bertz CT molecular complexity index is 465. The molecule has 0 fully saturated rings. The molecule has 1 aliphatic rings. The van der Waals surface area contributed by atoms with Gasteiger partial charge in [0.15, 0.2) is 0 Å². The van der Waals surface area contributed by atoms with Crippen LogP contribution < -0.4 is 10.6 Å². The van der Waals surface area contributed by atoms with Gasteiger partial charge in [-0.3, -0.25) is 4.79 Å². The molecule has 2 rings (SSSR count). The van der Waals surface area contributed by atoms with Crippen LogP contribution in [0.1, 0.15) is 12.0 Å². The van der Waals surface area contributed by atoms with E-state index in [0.717, 1.165) is 5.56 Å². The molecule has 1 heterocycles. The third-order valence-electron chi connectivity index (χ3n) is 2.81. The molecule has 18 heavy (non-hydrogen) atoms. The molecular weight excluding hydrogens is 239 g/mol. The largest absolute Gasteiger partial charge is 0.394 e. The lowest BCUT2D eigenvalue weighted by molar-refractivity contribution is -0.116. The Morgan fingerprint density at radius 1 is 1.44 bits per heavy atom. The van der Waals surface area contributed by atoms with Gasteiger partial charge in [0.2, 0.25) is 5.91 Å². The predicted molar refractivity (Wildman–Crippen MR) is 64.9 cm³/mol. The smallest absolute Gasteiger partial charge is 0.224 e. The molecule has 0 aromatic heterocycles. The Kier molecular flexibility index (Phi) is 3.78. The highest BCUT2D eigenvalue weighted by Crippen LogP contribution is 2.31. The topological polar surface area (TPSA) is 81.6 Å². The zero-order valence-electron chi connectivity index (χ0n) is 9.74. The van der Waals surface area contributed by atoms with Gasteiger partial charge in [0, 0.05) is 13.0 Å². The van der Waals surface area contributed by atoms with Gasteiger partial charge in [-0.15, -0.1) is 0 Å². The molecule has 1 aliphatic heterocycles. The fourth-order valence-electron chi connectivity index (χ4n) is 1.89. The van der Waals surface area contributed by atoms with Crippen molar-refractivity contribution in [3.8, 4) is 0 Å². The van der Waals surface area contributed by atoms with E-state index in [2.05, 4.69) is 10.6 Å². The molecule has 0 saturated heterocycles. The van der Waals surface area contributed by atoms with Crippen LogP contribution in [0.5, 0.6) is 0 Å². The molecule has 1 unspecified atom stereocenters. The maximum Gasteiger partial charge on any atom is 0.224 e. The number of hydrogen-bond donors (Lipinski definition) is 4. The van der Waals surface area contributed by atoms with Gasteiger partial charge >= 0.3 is 0 Å². The number of aliphatic hydroxyl groups excluding tert-OH is 2. The van der Waals surface area contributed by atoms with E-state index in [1.54, 1.807) is 0 Å². The van der Waals surface area contributed by atoms with Crippen LogP contribution in [0.2, 0.25) is 0 Å². The van der Waals surface area contributed by atoms with Crippen molar-refractivity contribution in [1.82, 2.24) is 0 Å². The van der Waals surface area contributed by atoms with Gasteiger partial charge in [-0.05, 0) is 24.1 Å². The van der Waals surface area contributed by atoms with Crippen molar-refractivity contribution in [2.45, 2.75) is 18.9 Å². The fraction of sp³-hybridized carbons (Fsp3) is 0.417. The first-order valence-corrected chi connectivity index (χ1v) is 5.75. The Morgan fingerprint density at radius 3 is 2.94 bits per heavy atom. The van der Waals surface area contributed by atoms with Crippen molar-refractivity contribution in [3.63, 3.8) is 0 Å². The fourth-order valence-corrected chi connectivity index (χ4v) is 1.89. The standard InChI is InChI=1S/C12H15FN2O3/c13-8-3-7-1-2-11(18)15-12(7)10(4-8)14-5-9(17)6-16/h3-4,9,14,16-17H,1-2,5-6H2,(H,15,18). The highest BCUT2D eigenvalue weighted by molar-refractivity contribution is 5.97. The maximum atomic E-state index is 13.4. The average Bonchev–Trinajstić information content (AvgIpc) is 2.36. The number of aliphatic hydroxyl groups is 2. The highest BCUT2D eigenvalue weighted by Gasteiger charge is 2.19. The van der Waals surface area contributed by atoms with Crippen molar-refractivity contribution in [2.75, 3.05) is 23.8 Å². The Balaban J connectivity index is 2.23. The molecule has 0 saturated carbocycles. The summed E-state index contributed by atoms with van der Waals surface area (Å²) in [6, 6.07) is 2.65. The van der Waals surface area contributed by atoms with E-state index in [0.29, 0.717) is 24.2 Å². The summed E-state index contributed by atoms with van der Waals surface area (Å²) in [6.07, 6.45) is -0.0890. The third kappa shape index (κ3) is 2.77. The Labute approximate surface area is 104 Å². The predicted octanol–water partition coefficient (Wildman–Crippen LogP) is 0.475. The molecule has 1 amide bonds. The number of hydrogen-bond acceptors (Lipinski definition) is 4. The second kappa shape index (κ2) is 5.32. The number of fused-ring (bicyclic) bond motifs is 1. The quantitative estimate of drug-likeness (QED) is 0.630. The highest BCUT2D eigenvalue weighted by atomic mass is 19.1. The molecule has 4 N–H and O–H groups in total. The number of rotatable bonds is 4. The van der Waals surface area contributed by atoms with Crippen LogP contribution >= 0.6 is 0 Å². The van der Waals surface area contributed by atoms with Gasteiger partial charge in [0.05, 0.1) is 24.1 Å². The zero-order chi connectivity index (χ0) is 13.1. The number of nitrogens with one attached hydrogen (secondary N) is 2. The zero-order valence-corrected chi connectivity index (χ0v) is 9.74. The first-order valence-electron chi connectivity index (χ1n) is 5.75. The summed E-state index contributed by atoms with van der Waals surface area (Å²) < 4.78 is 13.4. The van der Waals surface area contributed by atoms with E-state index in [1.165, 1.54) is 12.1 Å². The van der Waals surface area contributed by atoms with Gasteiger partial charge < -0.3 is 20.8 Å². The Morgan fingerprint density at radius 2 is 2.22 bits per heavy atom. The van der Waals surface area contributed by atoms with Gasteiger partial charge in [-0.25, -0.2) is 4.39 Å². The van der Waals surface area contributed by atoms with E-state index in [9.17, 15) is 14.3 Å². The van der Waals surface area contributed by atoms with Gasteiger partial charge in [-0.1, -0.05) is 0 Å². The summed E-state index contributed by atoms with van der Waals surface area (Å²) in [6.45, 7) is -0.293. The molecule has 0 radical (unpaired) electrons. The van der Waals surface area contributed by atoms with Crippen LogP contribution in [0.25, 0.3) is 0 Å². The minimum Gasteiger partial charge on any atom is -0.394 e. The van der Waals surface area contributed by atoms with E-state index >= 15 is 0 Å². The first kappa shape index (κ1) is 12.8. The molecule has 98 valence electrons. The normalized spacial score (nSPS) is 15.8. The minimum absolute atomic E-state index is 0.0856. The lowest BCUT2D eigenvalue weighted by atomic mass is 10.0. The maximum absolute atomic E-state index is 13.4. The van der Waals surface area contributed by atoms with Crippen LogP contribution in [0.4, 0.5) is 15.8 Å². The second-order valence-electron chi connectivity index (χ2n) is 4.25. The van der Waals surface area contributed by atoms with Gasteiger partial charge in [0.1, 0.15) is 5.82 Å². The molecule has 1 aromatic carbocycles. The number of anilines is 2. The number of benzene rings is 1. The van der Waals surface area contributed by atoms with Crippen LogP contribution in [-0.2, 0) is 11.2 Å². The van der Waals surface area contributed by atoms with Crippen LogP contribution in [0.3, 0.4) is 0 Å². The summed E-state index contributed by atoms with van der Waals surface area (Å²) in [5.74, 6) is -0.509. The van der Waals surface area contributed by atoms with E-state index < -0.39 is 11.9 Å². The van der Waals surface area contributed by atoms with Crippen molar-refractivity contribution in [3.05, 3.63) is 23.5 Å². The van der Waals surface area contributed by atoms with Crippen molar-refractivity contribution in [2.24, 2.45) is 0 Å². The summed E-state index contributed by atoms with van der Waals surface area (Å²) in [7, 11) is 0. The summed E-state index contributed by atoms with van der Waals surface area (Å²) in [4.78, 5) is 11.3. The second-order valence-corrected chi connectivity index (χ2v) is 4.25. The van der Waals surface area contributed by atoms with Crippen LogP contribution in [0.15, 0.2) is 12.1 Å². The lowest BCUT2D eigenvalue weighted by Crippen LogP contribution is -2.25. The number of carbonyl (C=O) groups excluding carboxylic acids is 1. The van der Waals surface area contributed by atoms with Gasteiger partial charge in [0.25, 0.3) is 0 Å². The van der Waals surface area contributed by atoms with E-state index in [1.807, 2.05) is 0 Å². The molecule has 5 nitrogen and oxygen atoms in total. The van der Waals surface area contributed by atoms with Crippen LogP contribution in [0, 0.1) is 5.82 Å². The van der Waals surface area contributed by atoms with E-state index in [-0.39, 0.29) is 19.1 Å². The monoisotopic (exact) mass is 254 g/mol. The molecule has 1 atom stereocenters. The first-order chi connectivity index (χ1) is 8.60.